The quantitative estimate of drug-likeness (QED) is 0.570. The molecule has 1 unspecified atom stereocenters. The van der Waals surface area contributed by atoms with E-state index in [4.69, 9.17) is 5.73 Å². The maximum atomic E-state index is 5.73. The number of nitrogens with zero attached hydrogens (tertiary/aromatic N) is 1. The van der Waals surface area contributed by atoms with E-state index in [1.54, 1.807) is 0 Å². The van der Waals surface area contributed by atoms with Crippen molar-refractivity contribution < 1.29 is 0 Å². The van der Waals surface area contributed by atoms with Crippen LogP contribution in [0.1, 0.15) is 6.92 Å². The van der Waals surface area contributed by atoms with Gasteiger partial charge in [-0.05, 0) is 19.1 Å². The Morgan fingerprint density at radius 1 is 1.50 bits per heavy atom. The number of nitrogens with two attached hydrogens (primary N) is 1. The van der Waals surface area contributed by atoms with E-state index in [-0.39, 0.29) is 0 Å². The van der Waals surface area contributed by atoms with E-state index in [9.17, 15) is 0 Å². The fourth-order valence-electron chi connectivity index (χ4n) is 1.29. The molecule has 0 saturated heterocycles. The molecule has 62 valence electrons. The number of fused-ring (bicyclic) bond motifs is 1. The molecule has 0 bridgehead atoms. The van der Waals surface area contributed by atoms with Crippen LogP contribution in [0.5, 0.6) is 0 Å². The molecule has 0 aliphatic carbocycles. The monoisotopic (exact) mass is 161 g/mol. The van der Waals surface area contributed by atoms with Crippen LogP contribution in [-0.4, -0.2) is 12.3 Å². The van der Waals surface area contributed by atoms with Gasteiger partial charge in [0.2, 0.25) is 0 Å². The summed E-state index contributed by atoms with van der Waals surface area (Å²) in [4.78, 5) is 4.26. The first-order chi connectivity index (χ1) is 5.77. The van der Waals surface area contributed by atoms with E-state index in [2.05, 4.69) is 17.2 Å². The maximum absolute atomic E-state index is 5.73. The van der Waals surface area contributed by atoms with Gasteiger partial charge in [0, 0.05) is 6.21 Å². The van der Waals surface area contributed by atoms with Crippen molar-refractivity contribution in [2.45, 2.75) is 13.0 Å². The van der Waals surface area contributed by atoms with Gasteiger partial charge in [-0.2, -0.15) is 0 Å². The number of nitrogens with one attached hydrogen (secondary N) is 1. The van der Waals surface area contributed by atoms with Gasteiger partial charge >= 0.3 is 0 Å². The fourth-order valence-corrected chi connectivity index (χ4v) is 1.29. The number of nitrogen functional groups attached to an aromatic ring is 1. The molecule has 1 heterocycles. The highest BCUT2D eigenvalue weighted by Gasteiger charge is 2.10. The van der Waals surface area contributed by atoms with Crippen molar-refractivity contribution in [3.05, 3.63) is 18.2 Å². The molecule has 0 amide bonds. The van der Waals surface area contributed by atoms with Crippen LogP contribution in [0.25, 0.3) is 0 Å². The van der Waals surface area contributed by atoms with Crippen molar-refractivity contribution in [2.24, 2.45) is 4.99 Å². The van der Waals surface area contributed by atoms with E-state index in [0.717, 1.165) is 17.1 Å². The number of para-hydroxylation sites is 1. The van der Waals surface area contributed by atoms with Crippen LogP contribution in [-0.2, 0) is 0 Å². The molecule has 3 nitrogen and oxygen atoms in total. The second-order valence-corrected chi connectivity index (χ2v) is 2.95. The van der Waals surface area contributed by atoms with E-state index in [1.165, 1.54) is 0 Å². The topological polar surface area (TPSA) is 50.4 Å². The molecular weight excluding hydrogens is 150 g/mol. The maximum Gasteiger partial charge on any atom is 0.109 e. The Morgan fingerprint density at radius 3 is 3.17 bits per heavy atom. The minimum atomic E-state index is 0.291. The standard InChI is InChI=1S/C9H11N3/c1-6-5-11-9-7(10)3-2-4-8(9)12-6/h2-6,12H,10H2,1H3. The summed E-state index contributed by atoms with van der Waals surface area (Å²) in [5, 5.41) is 3.27. The molecule has 0 saturated carbocycles. The predicted molar refractivity (Wildman–Crippen MR) is 52.1 cm³/mol. The lowest BCUT2D eigenvalue weighted by molar-refractivity contribution is 1.05. The number of hydrogen-bond acceptors (Lipinski definition) is 3. The minimum absolute atomic E-state index is 0.291. The molecule has 0 fully saturated rings. The molecule has 1 aliphatic heterocycles. The molecule has 1 aromatic rings. The summed E-state index contributed by atoms with van der Waals surface area (Å²) in [5.74, 6) is 0. The summed E-state index contributed by atoms with van der Waals surface area (Å²) in [7, 11) is 0. The molecule has 3 heteroatoms. The Morgan fingerprint density at radius 2 is 2.33 bits per heavy atom. The van der Waals surface area contributed by atoms with Gasteiger partial charge in [0.1, 0.15) is 5.69 Å². The molecule has 1 aromatic carbocycles. The third-order valence-electron chi connectivity index (χ3n) is 1.88. The van der Waals surface area contributed by atoms with Crippen molar-refractivity contribution in [2.75, 3.05) is 11.1 Å². The summed E-state index contributed by atoms with van der Waals surface area (Å²) in [6.07, 6.45) is 1.86. The second-order valence-electron chi connectivity index (χ2n) is 2.95. The van der Waals surface area contributed by atoms with Crippen molar-refractivity contribution >= 4 is 23.3 Å². The third-order valence-corrected chi connectivity index (χ3v) is 1.88. The molecule has 0 radical (unpaired) electrons. The number of benzene rings is 1. The van der Waals surface area contributed by atoms with Gasteiger partial charge in [-0.1, -0.05) is 6.07 Å². The van der Waals surface area contributed by atoms with E-state index < -0.39 is 0 Å². The number of aliphatic imine (C=N–C) groups is 1. The lowest BCUT2D eigenvalue weighted by atomic mass is 10.2. The van der Waals surface area contributed by atoms with Crippen molar-refractivity contribution in [3.63, 3.8) is 0 Å². The average Bonchev–Trinajstić information content (AvgIpc) is 2.04. The summed E-state index contributed by atoms with van der Waals surface area (Å²) < 4.78 is 0. The van der Waals surface area contributed by atoms with Gasteiger partial charge in [0.25, 0.3) is 0 Å². The van der Waals surface area contributed by atoms with Gasteiger partial charge in [0.15, 0.2) is 0 Å². The van der Waals surface area contributed by atoms with E-state index in [1.807, 2.05) is 24.4 Å². The Bertz CT molecular complexity index is 331. The zero-order chi connectivity index (χ0) is 8.55. The van der Waals surface area contributed by atoms with Gasteiger partial charge in [-0.15, -0.1) is 0 Å². The van der Waals surface area contributed by atoms with Gasteiger partial charge in [-0.25, -0.2) is 0 Å². The zero-order valence-electron chi connectivity index (χ0n) is 6.91. The predicted octanol–water partition coefficient (Wildman–Crippen LogP) is 1.79. The summed E-state index contributed by atoms with van der Waals surface area (Å²) in [6, 6.07) is 6.06. The van der Waals surface area contributed by atoms with Crippen LogP contribution < -0.4 is 11.1 Å². The number of rotatable bonds is 0. The summed E-state index contributed by atoms with van der Waals surface area (Å²) in [5.41, 5.74) is 8.33. The van der Waals surface area contributed by atoms with Gasteiger partial charge in [-0.3, -0.25) is 4.99 Å². The summed E-state index contributed by atoms with van der Waals surface area (Å²) >= 11 is 0. The van der Waals surface area contributed by atoms with Gasteiger partial charge in [0.05, 0.1) is 17.4 Å². The Balaban J connectivity index is 2.53. The molecule has 2 rings (SSSR count). The first-order valence-electron chi connectivity index (χ1n) is 3.96. The highest BCUT2D eigenvalue weighted by atomic mass is 15.0. The van der Waals surface area contributed by atoms with Crippen LogP contribution >= 0.6 is 0 Å². The van der Waals surface area contributed by atoms with Crippen LogP contribution in [0, 0.1) is 0 Å². The molecule has 12 heavy (non-hydrogen) atoms. The summed E-state index contributed by atoms with van der Waals surface area (Å²) in [6.45, 7) is 2.05. The molecule has 3 N–H and O–H groups in total. The number of anilines is 2. The zero-order valence-corrected chi connectivity index (χ0v) is 6.91. The third kappa shape index (κ3) is 1.03. The van der Waals surface area contributed by atoms with Crippen molar-refractivity contribution in [3.8, 4) is 0 Å². The largest absolute Gasteiger partial charge is 0.397 e. The Labute approximate surface area is 71.3 Å². The Kier molecular flexibility index (Phi) is 1.50. The average molecular weight is 161 g/mol. The first kappa shape index (κ1) is 7.16. The molecular formula is C9H11N3. The molecule has 0 spiro atoms. The van der Waals surface area contributed by atoms with Gasteiger partial charge < -0.3 is 11.1 Å². The lowest BCUT2D eigenvalue weighted by Gasteiger charge is -2.18. The number of hydrogen-bond donors (Lipinski definition) is 2. The van der Waals surface area contributed by atoms with E-state index in [0.29, 0.717) is 6.04 Å². The van der Waals surface area contributed by atoms with Crippen LogP contribution in [0.15, 0.2) is 23.2 Å². The van der Waals surface area contributed by atoms with Crippen molar-refractivity contribution in [1.82, 2.24) is 0 Å². The van der Waals surface area contributed by atoms with Crippen LogP contribution in [0.3, 0.4) is 0 Å². The minimum Gasteiger partial charge on any atom is -0.397 e. The molecule has 1 aliphatic rings. The van der Waals surface area contributed by atoms with Crippen molar-refractivity contribution in [1.29, 1.82) is 0 Å². The lowest BCUT2D eigenvalue weighted by Crippen LogP contribution is -2.19. The van der Waals surface area contributed by atoms with Crippen LogP contribution in [0.4, 0.5) is 17.1 Å². The highest BCUT2D eigenvalue weighted by Crippen LogP contribution is 2.33. The fraction of sp³-hybridized carbons (Fsp3) is 0.222. The smallest absolute Gasteiger partial charge is 0.109 e. The van der Waals surface area contributed by atoms with E-state index >= 15 is 0 Å². The SMILES string of the molecule is CC1C=Nc2c(N)cccc2N1. The highest BCUT2D eigenvalue weighted by molar-refractivity contribution is 5.88. The van der Waals surface area contributed by atoms with Crippen LogP contribution in [0.2, 0.25) is 0 Å². The normalized spacial score (nSPS) is 19.9. The molecule has 1 atom stereocenters. The molecule has 0 aromatic heterocycles. The second kappa shape index (κ2) is 2.52. The Hall–Kier alpha value is -1.51. The first-order valence-corrected chi connectivity index (χ1v) is 3.96.